The SMILES string of the molecule is CCc1cccc(C)c1Nc1nc(Cl)nc2sccc12. The molecule has 0 fully saturated rings. The van der Waals surface area contributed by atoms with Gasteiger partial charge in [-0.2, -0.15) is 4.98 Å². The van der Waals surface area contributed by atoms with Gasteiger partial charge in [-0.1, -0.05) is 25.1 Å². The third kappa shape index (κ3) is 2.37. The fraction of sp³-hybridized carbons (Fsp3) is 0.200. The Kier molecular flexibility index (Phi) is 3.59. The first kappa shape index (κ1) is 13.3. The van der Waals surface area contributed by atoms with Gasteiger partial charge in [-0.3, -0.25) is 0 Å². The Hall–Kier alpha value is -1.65. The molecule has 20 heavy (non-hydrogen) atoms. The third-order valence-electron chi connectivity index (χ3n) is 3.28. The van der Waals surface area contributed by atoms with Crippen molar-refractivity contribution in [2.24, 2.45) is 0 Å². The van der Waals surface area contributed by atoms with Gasteiger partial charge in [-0.15, -0.1) is 11.3 Å². The number of fused-ring (bicyclic) bond motifs is 1. The van der Waals surface area contributed by atoms with Crippen molar-refractivity contribution in [1.82, 2.24) is 9.97 Å². The van der Waals surface area contributed by atoms with E-state index < -0.39 is 0 Å². The molecule has 1 aromatic carbocycles. The Balaban J connectivity index is 2.12. The van der Waals surface area contributed by atoms with Crippen LogP contribution >= 0.6 is 22.9 Å². The lowest BCUT2D eigenvalue weighted by Gasteiger charge is -2.14. The van der Waals surface area contributed by atoms with Crippen molar-refractivity contribution >= 4 is 44.7 Å². The minimum atomic E-state index is 0.272. The number of rotatable bonds is 3. The zero-order valence-corrected chi connectivity index (χ0v) is 12.8. The molecule has 2 heterocycles. The molecule has 5 heteroatoms. The normalized spacial score (nSPS) is 10.9. The Morgan fingerprint density at radius 3 is 2.90 bits per heavy atom. The van der Waals surface area contributed by atoms with E-state index in [0.717, 1.165) is 28.1 Å². The second-order valence-corrected chi connectivity index (χ2v) is 5.80. The van der Waals surface area contributed by atoms with Gasteiger partial charge >= 0.3 is 0 Å². The first-order valence-electron chi connectivity index (χ1n) is 6.45. The maximum absolute atomic E-state index is 6.00. The van der Waals surface area contributed by atoms with E-state index in [-0.39, 0.29) is 5.28 Å². The van der Waals surface area contributed by atoms with Crippen molar-refractivity contribution in [2.75, 3.05) is 5.32 Å². The highest BCUT2D eigenvalue weighted by Crippen LogP contribution is 2.31. The number of nitrogens with zero attached hydrogens (tertiary/aromatic N) is 2. The summed E-state index contributed by atoms with van der Waals surface area (Å²) in [5.74, 6) is 0.769. The molecule has 0 saturated carbocycles. The van der Waals surface area contributed by atoms with Gasteiger partial charge in [-0.25, -0.2) is 4.98 Å². The van der Waals surface area contributed by atoms with Crippen LogP contribution in [0.15, 0.2) is 29.6 Å². The van der Waals surface area contributed by atoms with Crippen molar-refractivity contribution in [3.05, 3.63) is 46.1 Å². The molecule has 0 bridgehead atoms. The summed E-state index contributed by atoms with van der Waals surface area (Å²) in [6.45, 7) is 4.24. The first-order valence-corrected chi connectivity index (χ1v) is 7.71. The van der Waals surface area contributed by atoms with Crippen LogP contribution in [0.1, 0.15) is 18.1 Å². The van der Waals surface area contributed by atoms with Crippen LogP contribution < -0.4 is 5.32 Å². The van der Waals surface area contributed by atoms with Crippen molar-refractivity contribution < 1.29 is 0 Å². The van der Waals surface area contributed by atoms with Crippen LogP contribution in [0.2, 0.25) is 5.28 Å². The average molecular weight is 304 g/mol. The summed E-state index contributed by atoms with van der Waals surface area (Å²) in [5.41, 5.74) is 3.57. The van der Waals surface area contributed by atoms with Gasteiger partial charge in [-0.05, 0) is 47.5 Å². The van der Waals surface area contributed by atoms with Crippen LogP contribution in [-0.4, -0.2) is 9.97 Å². The molecule has 0 aliphatic rings. The average Bonchev–Trinajstić information content (AvgIpc) is 2.89. The predicted octanol–water partition coefficient (Wildman–Crippen LogP) is 4.96. The fourth-order valence-corrected chi connectivity index (χ4v) is 3.23. The lowest BCUT2D eigenvalue weighted by molar-refractivity contribution is 1.13. The molecule has 3 aromatic rings. The molecule has 2 aromatic heterocycles. The summed E-state index contributed by atoms with van der Waals surface area (Å²) in [5, 5.41) is 6.71. The fourth-order valence-electron chi connectivity index (χ4n) is 2.25. The third-order valence-corrected chi connectivity index (χ3v) is 4.26. The van der Waals surface area contributed by atoms with E-state index in [1.165, 1.54) is 11.1 Å². The summed E-state index contributed by atoms with van der Waals surface area (Å²) in [6, 6.07) is 8.31. The number of aryl methyl sites for hydroxylation is 2. The molecular weight excluding hydrogens is 290 g/mol. The van der Waals surface area contributed by atoms with Gasteiger partial charge in [0.25, 0.3) is 0 Å². The highest BCUT2D eigenvalue weighted by Gasteiger charge is 2.11. The number of hydrogen-bond acceptors (Lipinski definition) is 4. The highest BCUT2D eigenvalue weighted by atomic mass is 35.5. The zero-order chi connectivity index (χ0) is 14.1. The van der Waals surface area contributed by atoms with Gasteiger partial charge < -0.3 is 5.32 Å². The van der Waals surface area contributed by atoms with Crippen molar-refractivity contribution in [2.45, 2.75) is 20.3 Å². The number of nitrogens with one attached hydrogen (secondary N) is 1. The van der Waals surface area contributed by atoms with Crippen LogP contribution in [-0.2, 0) is 6.42 Å². The molecule has 0 aliphatic carbocycles. The van der Waals surface area contributed by atoms with E-state index in [4.69, 9.17) is 11.6 Å². The maximum atomic E-state index is 6.00. The second kappa shape index (κ2) is 5.38. The van der Waals surface area contributed by atoms with Gasteiger partial charge in [0.1, 0.15) is 10.6 Å². The Morgan fingerprint density at radius 1 is 1.25 bits per heavy atom. The number of anilines is 2. The smallest absolute Gasteiger partial charge is 0.225 e. The van der Waals surface area contributed by atoms with Crippen molar-refractivity contribution in [3.8, 4) is 0 Å². The maximum Gasteiger partial charge on any atom is 0.225 e. The van der Waals surface area contributed by atoms with E-state index in [1.807, 2.05) is 11.4 Å². The minimum absolute atomic E-state index is 0.272. The summed E-state index contributed by atoms with van der Waals surface area (Å²) in [4.78, 5) is 9.47. The molecule has 0 aliphatic heterocycles. The standard InChI is InChI=1S/C15H14ClN3S/c1-3-10-6-4-5-9(2)12(10)17-13-11-7-8-20-14(11)19-15(16)18-13/h4-8H,3H2,1-2H3,(H,17,18,19). The van der Waals surface area contributed by atoms with Crippen LogP contribution in [0, 0.1) is 6.92 Å². The summed E-state index contributed by atoms with van der Waals surface area (Å²) in [6.07, 6.45) is 0.968. The molecule has 0 spiro atoms. The monoisotopic (exact) mass is 303 g/mol. The lowest BCUT2D eigenvalue weighted by Crippen LogP contribution is -2.01. The van der Waals surface area contributed by atoms with Gasteiger partial charge in [0.05, 0.1) is 5.39 Å². The van der Waals surface area contributed by atoms with E-state index in [0.29, 0.717) is 0 Å². The lowest BCUT2D eigenvalue weighted by atomic mass is 10.1. The largest absolute Gasteiger partial charge is 0.339 e. The second-order valence-electron chi connectivity index (χ2n) is 4.57. The molecular formula is C15H14ClN3S. The molecule has 102 valence electrons. The van der Waals surface area contributed by atoms with E-state index in [9.17, 15) is 0 Å². The van der Waals surface area contributed by atoms with Crippen LogP contribution in [0.4, 0.5) is 11.5 Å². The number of aromatic nitrogens is 2. The predicted molar refractivity (Wildman–Crippen MR) is 86.3 cm³/mol. The minimum Gasteiger partial charge on any atom is -0.339 e. The van der Waals surface area contributed by atoms with Gasteiger partial charge in [0, 0.05) is 5.69 Å². The molecule has 0 radical (unpaired) electrons. The Labute approximate surface area is 126 Å². The number of halogens is 1. The molecule has 3 rings (SSSR count). The summed E-state index contributed by atoms with van der Waals surface area (Å²) < 4.78 is 0. The van der Waals surface area contributed by atoms with Crippen LogP contribution in [0.25, 0.3) is 10.2 Å². The summed E-state index contributed by atoms with van der Waals surface area (Å²) in [7, 11) is 0. The molecule has 0 unspecified atom stereocenters. The van der Waals surface area contributed by atoms with Gasteiger partial charge in [0.2, 0.25) is 5.28 Å². The highest BCUT2D eigenvalue weighted by molar-refractivity contribution is 7.16. The topological polar surface area (TPSA) is 37.8 Å². The Morgan fingerprint density at radius 2 is 2.10 bits per heavy atom. The van der Waals surface area contributed by atoms with Crippen LogP contribution in [0.3, 0.4) is 0 Å². The number of para-hydroxylation sites is 1. The molecule has 1 N–H and O–H groups in total. The molecule has 0 amide bonds. The number of benzene rings is 1. The molecule has 3 nitrogen and oxygen atoms in total. The number of thiophene rings is 1. The first-order chi connectivity index (χ1) is 9.69. The van der Waals surface area contributed by atoms with Gasteiger partial charge in [0.15, 0.2) is 0 Å². The summed E-state index contributed by atoms with van der Waals surface area (Å²) >= 11 is 7.57. The quantitative estimate of drug-likeness (QED) is 0.695. The van der Waals surface area contributed by atoms with Crippen LogP contribution in [0.5, 0.6) is 0 Å². The zero-order valence-electron chi connectivity index (χ0n) is 11.3. The number of hydrogen-bond donors (Lipinski definition) is 1. The van der Waals surface area contributed by atoms with Crippen molar-refractivity contribution in [3.63, 3.8) is 0 Å². The Bertz CT molecular complexity index is 767. The van der Waals surface area contributed by atoms with Crippen molar-refractivity contribution in [1.29, 1.82) is 0 Å². The molecule has 0 atom stereocenters. The van der Waals surface area contributed by atoms with E-state index in [2.05, 4.69) is 47.3 Å². The molecule has 0 saturated heterocycles. The van der Waals surface area contributed by atoms with E-state index in [1.54, 1.807) is 11.3 Å². The van der Waals surface area contributed by atoms with E-state index >= 15 is 0 Å².